The predicted molar refractivity (Wildman–Crippen MR) is 93.7 cm³/mol. The zero-order valence-corrected chi connectivity index (χ0v) is 15.3. The summed E-state index contributed by atoms with van der Waals surface area (Å²) >= 11 is 0. The predicted octanol–water partition coefficient (Wildman–Crippen LogP) is 2.61. The summed E-state index contributed by atoms with van der Waals surface area (Å²) in [6, 6.07) is 6.38. The highest BCUT2D eigenvalue weighted by atomic mass is 32.2. The molecule has 0 saturated heterocycles. The van der Waals surface area contributed by atoms with Crippen LogP contribution in [0.1, 0.15) is 49.4 Å². The van der Waals surface area contributed by atoms with Gasteiger partial charge in [-0.1, -0.05) is 12.1 Å². The zero-order chi connectivity index (χ0) is 18.7. The summed E-state index contributed by atoms with van der Waals surface area (Å²) in [5, 5.41) is 0. The first-order valence-corrected chi connectivity index (χ1v) is 9.12. The summed E-state index contributed by atoms with van der Waals surface area (Å²) in [7, 11) is -1.35. The van der Waals surface area contributed by atoms with Crippen LogP contribution in [0.3, 0.4) is 0 Å². The van der Waals surface area contributed by atoms with Crippen LogP contribution in [0.2, 0.25) is 0 Å². The van der Waals surface area contributed by atoms with Crippen LogP contribution in [0.5, 0.6) is 0 Å². The average molecular weight is 361 g/mol. The maximum absolute atomic E-state index is 12.3. The number of ketones is 2. The number of carbonyl (C=O) groups is 3. The number of rotatable bonds is 6. The fourth-order valence-corrected chi connectivity index (χ4v) is 3.46. The van der Waals surface area contributed by atoms with E-state index in [4.69, 9.17) is 4.74 Å². The molecule has 0 radical (unpaired) electrons. The Bertz CT molecular complexity index is 882. The van der Waals surface area contributed by atoms with Crippen LogP contribution in [0, 0.1) is 13.8 Å². The number of hydrogen-bond donors (Lipinski definition) is 1. The first-order chi connectivity index (χ1) is 11.7. The van der Waals surface area contributed by atoms with Gasteiger partial charge < -0.3 is 9.72 Å². The molecular formula is C18H19NO5S. The van der Waals surface area contributed by atoms with Gasteiger partial charge in [-0.05, 0) is 38.5 Å². The van der Waals surface area contributed by atoms with E-state index in [0.29, 0.717) is 21.7 Å². The largest absolute Gasteiger partial charge is 0.454 e. The molecule has 6 nitrogen and oxygen atoms in total. The summed E-state index contributed by atoms with van der Waals surface area (Å²) in [5.74, 6) is -1.29. The molecule has 0 spiro atoms. The third-order valence-corrected chi connectivity index (χ3v) is 4.79. The van der Waals surface area contributed by atoms with Crippen LogP contribution >= 0.6 is 0 Å². The minimum Gasteiger partial charge on any atom is -0.454 e. The number of aromatic amines is 1. The van der Waals surface area contributed by atoms with E-state index < -0.39 is 29.2 Å². The Morgan fingerprint density at radius 3 is 2.36 bits per heavy atom. The fourth-order valence-electron chi connectivity index (χ4n) is 2.72. The van der Waals surface area contributed by atoms with E-state index in [9.17, 15) is 18.6 Å². The molecule has 2 rings (SSSR count). The highest BCUT2D eigenvalue weighted by Crippen LogP contribution is 2.19. The van der Waals surface area contributed by atoms with Gasteiger partial charge in [0.2, 0.25) is 5.78 Å². The summed E-state index contributed by atoms with van der Waals surface area (Å²) in [6.07, 6.45) is 1.46. The molecule has 1 aromatic carbocycles. The van der Waals surface area contributed by atoms with E-state index in [-0.39, 0.29) is 17.0 Å². The molecule has 1 N–H and O–H groups in total. The molecule has 0 aliphatic rings. The van der Waals surface area contributed by atoms with Crippen LogP contribution in [0.25, 0.3) is 0 Å². The molecule has 1 aromatic heterocycles. The second-order valence-corrected chi connectivity index (χ2v) is 6.98. The lowest BCUT2D eigenvalue weighted by atomic mass is 10.1. The molecule has 0 fully saturated rings. The van der Waals surface area contributed by atoms with E-state index in [2.05, 4.69) is 4.98 Å². The van der Waals surface area contributed by atoms with Crippen molar-refractivity contribution in [2.75, 3.05) is 12.9 Å². The lowest BCUT2D eigenvalue weighted by Gasteiger charge is -2.07. The van der Waals surface area contributed by atoms with Gasteiger partial charge in [0.05, 0.1) is 27.0 Å². The molecule has 0 saturated carbocycles. The summed E-state index contributed by atoms with van der Waals surface area (Å²) in [5.41, 5.74) is 2.04. The number of hydrogen-bond acceptors (Lipinski definition) is 5. The van der Waals surface area contributed by atoms with Gasteiger partial charge in [-0.25, -0.2) is 4.79 Å². The Balaban J connectivity index is 2.16. The molecule has 0 amide bonds. The van der Waals surface area contributed by atoms with Gasteiger partial charge in [0.1, 0.15) is 0 Å². The maximum atomic E-state index is 12.3. The van der Waals surface area contributed by atoms with Crippen LogP contribution in [0.15, 0.2) is 29.2 Å². The van der Waals surface area contributed by atoms with Crippen LogP contribution in [-0.2, 0) is 15.5 Å². The molecule has 0 unspecified atom stereocenters. The Morgan fingerprint density at radius 1 is 1.16 bits per heavy atom. The lowest BCUT2D eigenvalue weighted by Crippen LogP contribution is -2.16. The first-order valence-electron chi connectivity index (χ1n) is 7.57. The van der Waals surface area contributed by atoms with Gasteiger partial charge in [-0.2, -0.15) is 0 Å². The van der Waals surface area contributed by atoms with Crippen molar-refractivity contribution in [3.05, 3.63) is 52.3 Å². The molecule has 2 aromatic rings. The molecular weight excluding hydrogens is 342 g/mol. The average Bonchev–Trinajstić information content (AvgIpc) is 2.86. The number of carbonyl (C=O) groups excluding carboxylic acids is 3. The van der Waals surface area contributed by atoms with Gasteiger partial charge in [0.25, 0.3) is 0 Å². The second-order valence-electron chi connectivity index (χ2n) is 5.63. The van der Waals surface area contributed by atoms with E-state index in [1.807, 2.05) is 0 Å². The van der Waals surface area contributed by atoms with Crippen LogP contribution in [-0.4, -0.2) is 39.6 Å². The lowest BCUT2D eigenvalue weighted by molar-refractivity contribution is 0.0469. The number of Topliss-reactive ketones (excluding diaryl/α,β-unsaturated/α-hetero) is 2. The van der Waals surface area contributed by atoms with Gasteiger partial charge in [0, 0.05) is 17.5 Å². The smallest absolute Gasteiger partial charge is 0.339 e. The first kappa shape index (κ1) is 18.8. The minimum absolute atomic E-state index is 0.137. The van der Waals surface area contributed by atoms with Crippen LogP contribution in [0.4, 0.5) is 0 Å². The summed E-state index contributed by atoms with van der Waals surface area (Å²) < 4.78 is 16.8. The summed E-state index contributed by atoms with van der Waals surface area (Å²) in [4.78, 5) is 39.4. The Hall–Kier alpha value is -2.54. The zero-order valence-electron chi connectivity index (χ0n) is 14.5. The number of benzene rings is 1. The quantitative estimate of drug-likeness (QED) is 0.630. The van der Waals surface area contributed by atoms with Crippen molar-refractivity contribution < 1.29 is 23.3 Å². The molecule has 0 bridgehead atoms. The monoisotopic (exact) mass is 361 g/mol. The highest BCUT2D eigenvalue weighted by molar-refractivity contribution is 7.84. The SMILES string of the molecule is CC(=O)c1c(C)[nH]c(C(=O)COC(=O)c2ccccc2[S@@](C)=O)c1C. The van der Waals surface area contributed by atoms with Crippen molar-refractivity contribution in [2.45, 2.75) is 25.7 Å². The van der Waals surface area contributed by atoms with Gasteiger partial charge in [-0.3, -0.25) is 13.8 Å². The Kier molecular flexibility index (Phi) is 5.69. The molecule has 0 aliphatic heterocycles. The molecule has 1 heterocycles. The van der Waals surface area contributed by atoms with Crippen molar-refractivity contribution in [1.29, 1.82) is 0 Å². The normalized spacial score (nSPS) is 11.8. The van der Waals surface area contributed by atoms with Crippen molar-refractivity contribution in [3.63, 3.8) is 0 Å². The number of H-pyrrole nitrogens is 1. The van der Waals surface area contributed by atoms with E-state index in [1.165, 1.54) is 19.2 Å². The number of aryl methyl sites for hydroxylation is 1. The molecule has 0 aliphatic carbocycles. The number of esters is 1. The van der Waals surface area contributed by atoms with Crippen molar-refractivity contribution in [2.24, 2.45) is 0 Å². The van der Waals surface area contributed by atoms with Gasteiger partial charge in [-0.15, -0.1) is 0 Å². The van der Waals surface area contributed by atoms with Gasteiger partial charge >= 0.3 is 5.97 Å². The van der Waals surface area contributed by atoms with E-state index in [0.717, 1.165) is 0 Å². The third kappa shape index (κ3) is 3.93. The maximum Gasteiger partial charge on any atom is 0.339 e. The number of aromatic nitrogens is 1. The number of nitrogens with one attached hydrogen (secondary N) is 1. The fraction of sp³-hybridized carbons (Fsp3) is 0.278. The standard InChI is InChI=1S/C18H19NO5S/c1-10-16(12(3)20)11(2)19-17(10)14(21)9-24-18(22)13-7-5-6-8-15(13)25(4)23/h5-8,19H,9H2,1-4H3/t25-/m1/s1. The molecule has 7 heteroatoms. The minimum atomic E-state index is -1.35. The third-order valence-electron chi connectivity index (χ3n) is 3.82. The topological polar surface area (TPSA) is 93.3 Å². The van der Waals surface area contributed by atoms with Crippen LogP contribution < -0.4 is 0 Å². The van der Waals surface area contributed by atoms with E-state index in [1.54, 1.807) is 32.0 Å². The van der Waals surface area contributed by atoms with Crippen molar-refractivity contribution in [3.8, 4) is 0 Å². The summed E-state index contributed by atoms with van der Waals surface area (Å²) in [6.45, 7) is 4.34. The Morgan fingerprint density at radius 2 is 1.80 bits per heavy atom. The van der Waals surface area contributed by atoms with Crippen molar-refractivity contribution >= 4 is 28.3 Å². The Labute approximate surface area is 148 Å². The number of ether oxygens (including phenoxy) is 1. The van der Waals surface area contributed by atoms with E-state index >= 15 is 0 Å². The second kappa shape index (κ2) is 7.57. The van der Waals surface area contributed by atoms with Crippen molar-refractivity contribution in [1.82, 2.24) is 4.98 Å². The highest BCUT2D eigenvalue weighted by Gasteiger charge is 2.22. The van der Waals surface area contributed by atoms with Gasteiger partial charge in [0.15, 0.2) is 12.4 Å². The molecule has 1 atom stereocenters. The molecule has 132 valence electrons. The molecule has 25 heavy (non-hydrogen) atoms.